The van der Waals surface area contributed by atoms with Crippen LogP contribution in [0.5, 0.6) is 0 Å². The molecule has 0 bridgehead atoms. The van der Waals surface area contributed by atoms with Crippen molar-refractivity contribution < 1.29 is 4.79 Å². The van der Waals surface area contributed by atoms with Crippen molar-refractivity contribution in [3.05, 3.63) is 46.8 Å². The number of anilines is 1. The molecule has 1 fully saturated rings. The molecule has 6 nitrogen and oxygen atoms in total. The van der Waals surface area contributed by atoms with Crippen molar-refractivity contribution >= 4 is 28.8 Å². The van der Waals surface area contributed by atoms with Crippen LogP contribution in [0.15, 0.2) is 41.9 Å². The van der Waals surface area contributed by atoms with Crippen LogP contribution in [0.3, 0.4) is 0 Å². The first-order valence-electron chi connectivity index (χ1n) is 8.66. The molecule has 3 aromatic rings. The van der Waals surface area contributed by atoms with E-state index in [9.17, 15) is 4.79 Å². The fourth-order valence-electron chi connectivity index (χ4n) is 3.29. The van der Waals surface area contributed by atoms with E-state index in [1.54, 1.807) is 11.3 Å². The predicted molar refractivity (Wildman–Crippen MR) is 99.0 cm³/mol. The van der Waals surface area contributed by atoms with Gasteiger partial charge in [0.05, 0.1) is 0 Å². The highest BCUT2D eigenvalue weighted by atomic mass is 32.1. The number of carbonyl (C=O) groups excluding carboxylic acids is 1. The van der Waals surface area contributed by atoms with E-state index < -0.39 is 0 Å². The van der Waals surface area contributed by atoms with Gasteiger partial charge < -0.3 is 10.2 Å². The predicted octanol–water partition coefficient (Wildman–Crippen LogP) is 2.37. The highest BCUT2D eigenvalue weighted by Crippen LogP contribution is 2.22. The smallest absolute Gasteiger partial charge is 0.231 e. The summed E-state index contributed by atoms with van der Waals surface area (Å²) in [6.45, 7) is 2.38. The van der Waals surface area contributed by atoms with E-state index in [0.29, 0.717) is 6.54 Å². The van der Waals surface area contributed by atoms with Crippen LogP contribution in [-0.4, -0.2) is 40.1 Å². The van der Waals surface area contributed by atoms with Crippen molar-refractivity contribution in [1.29, 1.82) is 0 Å². The maximum absolute atomic E-state index is 12.4. The van der Waals surface area contributed by atoms with E-state index in [1.165, 1.54) is 4.88 Å². The lowest BCUT2D eigenvalue weighted by atomic mass is 9.96. The number of fused-ring (bicyclic) bond motifs is 1. The summed E-state index contributed by atoms with van der Waals surface area (Å²) in [6, 6.07) is 10.0. The molecular weight excluding hydrogens is 334 g/mol. The topological polar surface area (TPSA) is 62.5 Å². The van der Waals surface area contributed by atoms with Crippen LogP contribution in [0.25, 0.3) is 5.65 Å². The number of thiophene rings is 1. The first-order chi connectivity index (χ1) is 12.3. The Morgan fingerprint density at radius 1 is 1.20 bits per heavy atom. The molecule has 0 aromatic carbocycles. The molecule has 0 atom stereocenters. The molecule has 7 heteroatoms. The van der Waals surface area contributed by atoms with Crippen LogP contribution in [0.2, 0.25) is 0 Å². The third kappa shape index (κ3) is 3.51. The summed E-state index contributed by atoms with van der Waals surface area (Å²) in [6.07, 6.45) is 4.60. The molecule has 1 aliphatic rings. The minimum Gasteiger partial charge on any atom is -0.355 e. The first-order valence-corrected chi connectivity index (χ1v) is 9.54. The second-order valence-electron chi connectivity index (χ2n) is 6.31. The lowest BCUT2D eigenvalue weighted by molar-refractivity contribution is -0.125. The van der Waals surface area contributed by atoms with Gasteiger partial charge in [0, 0.05) is 36.6 Å². The quantitative estimate of drug-likeness (QED) is 0.763. The van der Waals surface area contributed by atoms with E-state index in [0.717, 1.165) is 43.9 Å². The fraction of sp³-hybridized carbons (Fsp3) is 0.389. The molecular formula is C18H21N5OS. The van der Waals surface area contributed by atoms with Crippen LogP contribution >= 0.6 is 11.3 Å². The van der Waals surface area contributed by atoms with Crippen LogP contribution in [0, 0.1) is 5.92 Å². The van der Waals surface area contributed by atoms with Gasteiger partial charge in [0.1, 0.15) is 0 Å². The zero-order chi connectivity index (χ0) is 17.1. The maximum atomic E-state index is 12.4. The Bertz CT molecular complexity index is 836. The van der Waals surface area contributed by atoms with Crippen molar-refractivity contribution in [2.45, 2.75) is 19.3 Å². The Morgan fingerprint density at radius 3 is 2.88 bits per heavy atom. The monoisotopic (exact) mass is 355 g/mol. The number of hydrogen-bond donors (Lipinski definition) is 1. The van der Waals surface area contributed by atoms with Gasteiger partial charge in [-0.05, 0) is 42.8 Å². The Balaban J connectivity index is 1.29. The van der Waals surface area contributed by atoms with Crippen molar-refractivity contribution in [3.8, 4) is 0 Å². The number of nitrogens with zero attached hydrogens (tertiary/aromatic N) is 4. The number of amides is 1. The summed E-state index contributed by atoms with van der Waals surface area (Å²) in [5.41, 5.74) is 0.853. The lowest BCUT2D eigenvalue weighted by Gasteiger charge is -2.31. The number of pyridine rings is 1. The molecule has 4 rings (SSSR count). The number of hydrogen-bond acceptors (Lipinski definition) is 5. The summed E-state index contributed by atoms with van der Waals surface area (Å²) in [5, 5.41) is 13.7. The van der Waals surface area contributed by atoms with Crippen molar-refractivity contribution in [1.82, 2.24) is 19.9 Å². The highest BCUT2D eigenvalue weighted by Gasteiger charge is 2.26. The molecule has 4 heterocycles. The average Bonchev–Trinajstić information content (AvgIpc) is 3.31. The summed E-state index contributed by atoms with van der Waals surface area (Å²) >= 11 is 1.74. The van der Waals surface area contributed by atoms with E-state index >= 15 is 0 Å². The molecule has 3 aromatic heterocycles. The van der Waals surface area contributed by atoms with Gasteiger partial charge in [-0.2, -0.15) is 0 Å². The second kappa shape index (κ2) is 7.23. The van der Waals surface area contributed by atoms with Gasteiger partial charge in [0.2, 0.25) is 11.9 Å². The normalized spacial score (nSPS) is 15.6. The fourth-order valence-corrected chi connectivity index (χ4v) is 4.00. The average molecular weight is 355 g/mol. The second-order valence-corrected chi connectivity index (χ2v) is 7.34. The highest BCUT2D eigenvalue weighted by molar-refractivity contribution is 7.09. The largest absolute Gasteiger partial charge is 0.355 e. The molecule has 1 N–H and O–H groups in total. The molecule has 1 amide bonds. The molecule has 1 aliphatic heterocycles. The molecule has 25 heavy (non-hydrogen) atoms. The SMILES string of the molecule is O=C(NCCc1cccs1)C1CCN(c2nnc3ccccn23)CC1. The Labute approximate surface area is 150 Å². The third-order valence-corrected chi connectivity index (χ3v) is 5.63. The van der Waals surface area contributed by atoms with Gasteiger partial charge in [-0.15, -0.1) is 21.5 Å². The van der Waals surface area contributed by atoms with Gasteiger partial charge in [-0.25, -0.2) is 0 Å². The molecule has 130 valence electrons. The molecule has 0 spiro atoms. The first kappa shape index (κ1) is 16.1. The lowest BCUT2D eigenvalue weighted by Crippen LogP contribution is -2.41. The molecule has 0 radical (unpaired) electrons. The van der Waals surface area contributed by atoms with E-state index in [-0.39, 0.29) is 11.8 Å². The van der Waals surface area contributed by atoms with Crippen LogP contribution in [-0.2, 0) is 11.2 Å². The standard InChI is InChI=1S/C18H21N5OS/c24-17(19-9-6-15-4-3-13-25-15)14-7-11-22(12-8-14)18-21-20-16-5-1-2-10-23(16)18/h1-5,10,13-14H,6-9,11-12H2,(H,19,24). The van der Waals surface area contributed by atoms with Crippen molar-refractivity contribution in [2.75, 3.05) is 24.5 Å². The van der Waals surface area contributed by atoms with Gasteiger partial charge in [-0.3, -0.25) is 9.20 Å². The van der Waals surface area contributed by atoms with Crippen LogP contribution in [0.1, 0.15) is 17.7 Å². The number of aromatic nitrogens is 3. The van der Waals surface area contributed by atoms with E-state index in [4.69, 9.17) is 0 Å². The summed E-state index contributed by atoms with van der Waals surface area (Å²) in [4.78, 5) is 15.9. The molecule has 0 unspecified atom stereocenters. The van der Waals surface area contributed by atoms with Crippen molar-refractivity contribution in [2.24, 2.45) is 5.92 Å². The number of rotatable bonds is 5. The maximum Gasteiger partial charge on any atom is 0.231 e. The molecule has 1 saturated heterocycles. The zero-order valence-electron chi connectivity index (χ0n) is 14.0. The van der Waals surface area contributed by atoms with Gasteiger partial charge >= 0.3 is 0 Å². The molecule has 0 saturated carbocycles. The van der Waals surface area contributed by atoms with Gasteiger partial charge in [0.15, 0.2) is 5.65 Å². The van der Waals surface area contributed by atoms with E-state index in [2.05, 4.69) is 31.9 Å². The number of nitrogens with one attached hydrogen (secondary N) is 1. The minimum absolute atomic E-state index is 0.0961. The minimum atomic E-state index is 0.0961. The summed E-state index contributed by atoms with van der Waals surface area (Å²) in [5.74, 6) is 1.15. The number of carbonyl (C=O) groups is 1. The van der Waals surface area contributed by atoms with Gasteiger partial charge in [0.25, 0.3) is 0 Å². The van der Waals surface area contributed by atoms with Crippen molar-refractivity contribution in [3.63, 3.8) is 0 Å². The molecule has 0 aliphatic carbocycles. The summed E-state index contributed by atoms with van der Waals surface area (Å²) in [7, 11) is 0. The Morgan fingerprint density at radius 2 is 2.08 bits per heavy atom. The van der Waals surface area contributed by atoms with E-state index in [1.807, 2.05) is 34.9 Å². The van der Waals surface area contributed by atoms with Crippen LogP contribution in [0.4, 0.5) is 5.95 Å². The summed E-state index contributed by atoms with van der Waals surface area (Å²) < 4.78 is 2.00. The number of piperidine rings is 1. The zero-order valence-corrected chi connectivity index (χ0v) is 14.8. The Kier molecular flexibility index (Phi) is 4.65. The van der Waals surface area contributed by atoms with Gasteiger partial charge in [-0.1, -0.05) is 12.1 Å². The Hall–Kier alpha value is -2.41. The van der Waals surface area contributed by atoms with Crippen LogP contribution < -0.4 is 10.2 Å². The third-order valence-electron chi connectivity index (χ3n) is 4.70.